The van der Waals surface area contributed by atoms with Gasteiger partial charge in [0.2, 0.25) is 0 Å². The molecular formula is C20H29NO. The van der Waals surface area contributed by atoms with Gasteiger partial charge in [-0.25, -0.2) is 0 Å². The third kappa shape index (κ3) is 1.81. The Morgan fingerprint density at radius 3 is 2.64 bits per heavy atom. The Labute approximate surface area is 134 Å². The number of aliphatic hydroxyl groups is 1. The maximum absolute atomic E-state index is 10.5. The molecule has 0 amide bonds. The van der Waals surface area contributed by atoms with Crippen LogP contribution in [0, 0.1) is 45.8 Å². The lowest BCUT2D eigenvalue weighted by Crippen LogP contribution is -2.53. The topological polar surface area (TPSA) is 44.0 Å². The van der Waals surface area contributed by atoms with Crippen molar-refractivity contribution in [3.8, 4) is 6.07 Å². The molecule has 0 aliphatic heterocycles. The van der Waals surface area contributed by atoms with Crippen LogP contribution in [0.2, 0.25) is 0 Å². The van der Waals surface area contributed by atoms with Crippen LogP contribution in [0.1, 0.15) is 65.2 Å². The van der Waals surface area contributed by atoms with Crippen molar-refractivity contribution in [1.29, 1.82) is 5.26 Å². The van der Waals surface area contributed by atoms with Gasteiger partial charge in [0.25, 0.3) is 0 Å². The Balaban J connectivity index is 1.66. The molecule has 0 spiro atoms. The van der Waals surface area contributed by atoms with E-state index in [0.29, 0.717) is 5.41 Å². The van der Waals surface area contributed by atoms with Crippen molar-refractivity contribution in [1.82, 2.24) is 0 Å². The maximum Gasteiger partial charge on any atom is 0.0943 e. The van der Waals surface area contributed by atoms with Crippen LogP contribution in [0.3, 0.4) is 0 Å². The van der Waals surface area contributed by atoms with Crippen LogP contribution in [-0.4, -0.2) is 11.2 Å². The fourth-order valence-corrected chi connectivity index (χ4v) is 7.02. The van der Waals surface area contributed by atoms with Crippen molar-refractivity contribution in [2.45, 2.75) is 71.3 Å². The molecule has 0 aromatic rings. The van der Waals surface area contributed by atoms with Crippen LogP contribution >= 0.6 is 0 Å². The van der Waals surface area contributed by atoms with Gasteiger partial charge in [-0.3, -0.25) is 0 Å². The van der Waals surface area contributed by atoms with E-state index in [1.165, 1.54) is 32.1 Å². The van der Waals surface area contributed by atoms with Gasteiger partial charge in [-0.15, -0.1) is 0 Å². The van der Waals surface area contributed by atoms with Gasteiger partial charge in [-0.2, -0.15) is 5.26 Å². The standard InChI is InChI=1S/C20H29NO/c1-19-10-9-17-15(16(19)7-8-18(19)22)6-5-14-4-3-13(12-21)11-20(14,17)2/h3,14-18,22H,4-11H2,1-2H3/t14-,15+,16+,17+,18+,19+,20+/m1/s1. The minimum absolute atomic E-state index is 0.0788. The van der Waals surface area contributed by atoms with E-state index in [2.05, 4.69) is 26.0 Å². The molecule has 22 heavy (non-hydrogen) atoms. The first-order valence-corrected chi connectivity index (χ1v) is 9.26. The molecule has 120 valence electrons. The molecule has 0 radical (unpaired) electrons. The lowest BCUT2D eigenvalue weighted by atomic mass is 9.45. The SMILES string of the molecule is C[C@]12CC(C#N)=CC[C@@H]1CC[C@@H]1[C@@H]2CC[C@]2(C)[C@@H](O)CC[C@@H]12. The van der Waals surface area contributed by atoms with Gasteiger partial charge < -0.3 is 5.11 Å². The van der Waals surface area contributed by atoms with Gasteiger partial charge in [-0.05, 0) is 85.9 Å². The number of hydrogen-bond acceptors (Lipinski definition) is 2. The summed E-state index contributed by atoms with van der Waals surface area (Å²) >= 11 is 0. The van der Waals surface area contributed by atoms with Gasteiger partial charge in [-0.1, -0.05) is 19.9 Å². The number of nitrogens with zero attached hydrogens (tertiary/aromatic N) is 1. The summed E-state index contributed by atoms with van der Waals surface area (Å²) in [5, 5.41) is 19.9. The van der Waals surface area contributed by atoms with Crippen molar-refractivity contribution in [2.75, 3.05) is 0 Å². The van der Waals surface area contributed by atoms with E-state index in [9.17, 15) is 10.4 Å². The predicted molar refractivity (Wildman–Crippen MR) is 86.8 cm³/mol. The van der Waals surface area contributed by atoms with Crippen molar-refractivity contribution < 1.29 is 5.11 Å². The first kappa shape index (κ1) is 14.8. The first-order chi connectivity index (χ1) is 10.5. The van der Waals surface area contributed by atoms with Crippen molar-refractivity contribution in [3.63, 3.8) is 0 Å². The second kappa shape index (κ2) is 4.84. The summed E-state index contributed by atoms with van der Waals surface area (Å²) in [6, 6.07) is 2.44. The molecule has 1 N–H and O–H groups in total. The van der Waals surface area contributed by atoms with Crippen molar-refractivity contribution in [2.24, 2.45) is 34.5 Å². The third-order valence-corrected chi connectivity index (χ3v) is 8.38. The van der Waals surface area contributed by atoms with E-state index in [1.54, 1.807) is 0 Å². The zero-order chi connectivity index (χ0) is 15.5. The Bertz CT molecular complexity index is 546. The quantitative estimate of drug-likeness (QED) is 0.718. The number of rotatable bonds is 0. The summed E-state index contributed by atoms with van der Waals surface area (Å²) in [6.07, 6.45) is 11.6. The van der Waals surface area contributed by atoms with Crippen molar-refractivity contribution in [3.05, 3.63) is 11.6 Å². The highest BCUT2D eigenvalue weighted by molar-refractivity contribution is 5.27. The summed E-state index contributed by atoms with van der Waals surface area (Å²) < 4.78 is 0. The Morgan fingerprint density at radius 2 is 1.86 bits per heavy atom. The first-order valence-electron chi connectivity index (χ1n) is 9.26. The molecule has 0 saturated heterocycles. The largest absolute Gasteiger partial charge is 0.393 e. The highest BCUT2D eigenvalue weighted by Crippen LogP contribution is 2.66. The summed E-state index contributed by atoms with van der Waals surface area (Å²) in [5.41, 5.74) is 1.53. The average Bonchev–Trinajstić information content (AvgIpc) is 2.81. The smallest absolute Gasteiger partial charge is 0.0943 e. The third-order valence-electron chi connectivity index (χ3n) is 8.38. The number of aliphatic hydroxyl groups excluding tert-OH is 1. The van der Waals surface area contributed by atoms with Crippen LogP contribution < -0.4 is 0 Å². The number of hydrogen-bond donors (Lipinski definition) is 1. The minimum atomic E-state index is -0.0788. The van der Waals surface area contributed by atoms with E-state index in [-0.39, 0.29) is 11.5 Å². The van der Waals surface area contributed by atoms with Crippen LogP contribution in [0.5, 0.6) is 0 Å². The van der Waals surface area contributed by atoms with Crippen LogP contribution in [-0.2, 0) is 0 Å². The molecule has 4 aliphatic carbocycles. The molecule has 4 rings (SSSR count). The summed E-state index contributed by atoms with van der Waals surface area (Å²) in [7, 11) is 0. The molecule has 3 saturated carbocycles. The van der Waals surface area contributed by atoms with Gasteiger partial charge in [0.1, 0.15) is 0 Å². The van der Waals surface area contributed by atoms with Crippen LogP contribution in [0.25, 0.3) is 0 Å². The monoisotopic (exact) mass is 299 g/mol. The summed E-state index contributed by atoms with van der Waals surface area (Å²) in [4.78, 5) is 0. The van der Waals surface area contributed by atoms with Crippen molar-refractivity contribution >= 4 is 0 Å². The summed E-state index contributed by atoms with van der Waals surface area (Å²) in [5.74, 6) is 3.05. The molecule has 2 heteroatoms. The number of allylic oxidation sites excluding steroid dienone is 2. The van der Waals surface area contributed by atoms with E-state index in [1.807, 2.05) is 0 Å². The summed E-state index contributed by atoms with van der Waals surface area (Å²) in [6.45, 7) is 4.83. The lowest BCUT2D eigenvalue weighted by molar-refractivity contribution is -0.109. The average molecular weight is 299 g/mol. The van der Waals surface area contributed by atoms with Crippen LogP contribution in [0.4, 0.5) is 0 Å². The molecule has 3 fully saturated rings. The lowest BCUT2D eigenvalue weighted by Gasteiger charge is -2.59. The zero-order valence-corrected chi connectivity index (χ0v) is 14.0. The van der Waals surface area contributed by atoms with E-state index >= 15 is 0 Å². The number of nitriles is 1. The second-order valence-electron chi connectivity index (χ2n) is 9.05. The minimum Gasteiger partial charge on any atom is -0.393 e. The van der Waals surface area contributed by atoms with Gasteiger partial charge in [0.15, 0.2) is 0 Å². The van der Waals surface area contributed by atoms with Gasteiger partial charge in [0.05, 0.1) is 12.2 Å². The molecule has 0 heterocycles. The van der Waals surface area contributed by atoms with Gasteiger partial charge >= 0.3 is 0 Å². The molecule has 4 aliphatic rings. The second-order valence-corrected chi connectivity index (χ2v) is 9.05. The Hall–Kier alpha value is -0.810. The molecule has 0 aromatic heterocycles. The highest BCUT2D eigenvalue weighted by atomic mass is 16.3. The molecule has 0 unspecified atom stereocenters. The molecular weight excluding hydrogens is 270 g/mol. The highest BCUT2D eigenvalue weighted by Gasteiger charge is 2.59. The number of fused-ring (bicyclic) bond motifs is 5. The normalized spacial score (nSPS) is 53.7. The molecule has 0 bridgehead atoms. The van der Waals surface area contributed by atoms with Crippen LogP contribution in [0.15, 0.2) is 11.6 Å². The van der Waals surface area contributed by atoms with Gasteiger partial charge in [0, 0.05) is 5.57 Å². The fourth-order valence-electron chi connectivity index (χ4n) is 7.02. The van der Waals surface area contributed by atoms with E-state index in [0.717, 1.165) is 48.5 Å². The maximum atomic E-state index is 10.5. The Kier molecular flexibility index (Phi) is 3.25. The molecule has 7 atom stereocenters. The Morgan fingerprint density at radius 1 is 1.09 bits per heavy atom. The van der Waals surface area contributed by atoms with E-state index in [4.69, 9.17) is 0 Å². The predicted octanol–water partition coefficient (Wildman–Crippen LogP) is 4.45. The zero-order valence-electron chi connectivity index (χ0n) is 14.0. The fraction of sp³-hybridized carbons (Fsp3) is 0.850. The molecule has 0 aromatic carbocycles. The molecule has 2 nitrogen and oxygen atoms in total. The van der Waals surface area contributed by atoms with E-state index < -0.39 is 0 Å².